The highest BCUT2D eigenvalue weighted by Gasteiger charge is 1.99. The third kappa shape index (κ3) is 1.16. The Morgan fingerprint density at radius 2 is 2.07 bits per heavy atom. The molecule has 3 heterocycles. The molecule has 0 aliphatic carbocycles. The lowest BCUT2D eigenvalue weighted by molar-refractivity contribution is 1.21. The molecule has 0 aliphatic rings. The Morgan fingerprint density at radius 3 is 3.00 bits per heavy atom. The van der Waals surface area contributed by atoms with E-state index in [2.05, 4.69) is 27.8 Å². The van der Waals surface area contributed by atoms with Gasteiger partial charge in [0, 0.05) is 35.6 Å². The molecular formula is C11H9ClN2. The third-order valence-corrected chi connectivity index (χ3v) is 2.30. The number of fused-ring (bicyclic) bond motifs is 3. The van der Waals surface area contributed by atoms with Gasteiger partial charge in [-0.15, -0.1) is 12.4 Å². The molecule has 3 heteroatoms. The molecule has 0 N–H and O–H groups in total. The molecule has 70 valence electrons. The van der Waals surface area contributed by atoms with Crippen LogP contribution in [0.15, 0.2) is 49.1 Å². The monoisotopic (exact) mass is 204 g/mol. The Bertz CT molecular complexity index is 521. The minimum absolute atomic E-state index is 0. The molecule has 3 aromatic rings. The van der Waals surface area contributed by atoms with Gasteiger partial charge in [-0.2, -0.15) is 0 Å². The summed E-state index contributed by atoms with van der Waals surface area (Å²) in [5.41, 5.74) is 1.21. The van der Waals surface area contributed by atoms with E-state index in [-0.39, 0.29) is 12.4 Å². The van der Waals surface area contributed by atoms with Crippen LogP contribution in [0.4, 0.5) is 0 Å². The Kier molecular flexibility index (Phi) is 2.14. The average molecular weight is 205 g/mol. The number of halogens is 1. The number of hydrogen-bond acceptors (Lipinski definition) is 1. The molecule has 0 aliphatic heterocycles. The molecule has 3 aromatic heterocycles. The molecule has 0 unspecified atom stereocenters. The first-order valence-electron chi connectivity index (χ1n) is 4.24. The summed E-state index contributed by atoms with van der Waals surface area (Å²) in [6, 6.07) is 8.20. The number of rotatable bonds is 0. The van der Waals surface area contributed by atoms with Gasteiger partial charge in [-0.25, -0.2) is 0 Å². The van der Waals surface area contributed by atoms with Crippen LogP contribution in [0.2, 0.25) is 0 Å². The summed E-state index contributed by atoms with van der Waals surface area (Å²) in [7, 11) is 0. The van der Waals surface area contributed by atoms with Crippen molar-refractivity contribution in [1.29, 1.82) is 0 Å². The van der Waals surface area contributed by atoms with Gasteiger partial charge < -0.3 is 4.40 Å². The van der Waals surface area contributed by atoms with Crippen molar-refractivity contribution in [3.8, 4) is 0 Å². The van der Waals surface area contributed by atoms with Crippen LogP contribution >= 0.6 is 12.4 Å². The molecule has 0 saturated heterocycles. The quantitative estimate of drug-likeness (QED) is 0.551. The maximum atomic E-state index is 4.12. The van der Waals surface area contributed by atoms with Crippen molar-refractivity contribution in [3.05, 3.63) is 49.1 Å². The first-order valence-corrected chi connectivity index (χ1v) is 4.24. The first kappa shape index (κ1) is 9.03. The van der Waals surface area contributed by atoms with Gasteiger partial charge in [0.25, 0.3) is 0 Å². The Morgan fingerprint density at radius 1 is 1.14 bits per heavy atom. The van der Waals surface area contributed by atoms with Gasteiger partial charge in [0.1, 0.15) is 0 Å². The van der Waals surface area contributed by atoms with E-state index in [4.69, 9.17) is 0 Å². The van der Waals surface area contributed by atoms with E-state index in [9.17, 15) is 0 Å². The predicted octanol–water partition coefficient (Wildman–Crippen LogP) is 2.91. The van der Waals surface area contributed by atoms with E-state index in [1.807, 2.05) is 30.6 Å². The standard InChI is InChI=1S/C11H8N2.ClH/c1-2-6-13-8-9-4-5-12-7-10(9)11(13)3-1;/h1-8H;1H. The van der Waals surface area contributed by atoms with Crippen LogP contribution in [0.25, 0.3) is 16.3 Å². The third-order valence-electron chi connectivity index (χ3n) is 2.30. The second kappa shape index (κ2) is 3.31. The molecule has 0 aromatic carbocycles. The fourth-order valence-corrected chi connectivity index (χ4v) is 1.68. The molecule has 0 spiro atoms. The minimum Gasteiger partial charge on any atom is -0.323 e. The summed E-state index contributed by atoms with van der Waals surface area (Å²) >= 11 is 0. The molecule has 3 rings (SSSR count). The lowest BCUT2D eigenvalue weighted by Gasteiger charge is -1.91. The maximum Gasteiger partial charge on any atom is 0.0544 e. The Hall–Kier alpha value is -1.54. The molecule has 0 fully saturated rings. The number of hydrogen-bond donors (Lipinski definition) is 0. The molecule has 0 atom stereocenters. The molecule has 0 radical (unpaired) electrons. The van der Waals surface area contributed by atoms with Crippen LogP contribution in [0.1, 0.15) is 0 Å². The molecule has 0 amide bonds. The zero-order valence-electron chi connectivity index (χ0n) is 7.42. The molecule has 0 bridgehead atoms. The van der Waals surface area contributed by atoms with E-state index in [1.54, 1.807) is 0 Å². The van der Waals surface area contributed by atoms with Gasteiger partial charge in [0.2, 0.25) is 0 Å². The zero-order chi connectivity index (χ0) is 8.67. The van der Waals surface area contributed by atoms with Crippen LogP contribution in [-0.2, 0) is 0 Å². The lowest BCUT2D eigenvalue weighted by atomic mass is 10.2. The van der Waals surface area contributed by atoms with E-state index in [1.165, 1.54) is 16.3 Å². The summed E-state index contributed by atoms with van der Waals surface area (Å²) in [5, 5.41) is 2.45. The highest BCUT2D eigenvalue weighted by atomic mass is 35.5. The number of nitrogens with zero attached hydrogens (tertiary/aromatic N) is 2. The van der Waals surface area contributed by atoms with Crippen molar-refractivity contribution in [3.63, 3.8) is 0 Å². The van der Waals surface area contributed by atoms with Crippen molar-refractivity contribution >= 4 is 28.7 Å². The van der Waals surface area contributed by atoms with Crippen molar-refractivity contribution in [1.82, 2.24) is 9.38 Å². The van der Waals surface area contributed by atoms with Crippen LogP contribution in [0.5, 0.6) is 0 Å². The number of aromatic nitrogens is 2. The zero-order valence-corrected chi connectivity index (χ0v) is 8.24. The SMILES string of the molecule is Cl.c1ccn2cc3ccncc3c2c1. The summed E-state index contributed by atoms with van der Waals surface area (Å²) in [4.78, 5) is 4.12. The van der Waals surface area contributed by atoms with Crippen LogP contribution in [-0.4, -0.2) is 9.38 Å². The maximum absolute atomic E-state index is 4.12. The summed E-state index contributed by atoms with van der Waals surface area (Å²) in [5.74, 6) is 0. The summed E-state index contributed by atoms with van der Waals surface area (Å²) in [6.07, 6.45) is 7.90. The van der Waals surface area contributed by atoms with Crippen LogP contribution < -0.4 is 0 Å². The van der Waals surface area contributed by atoms with Gasteiger partial charge in [-0.1, -0.05) is 6.07 Å². The Labute approximate surface area is 87.6 Å². The lowest BCUT2D eigenvalue weighted by Crippen LogP contribution is -1.76. The highest BCUT2D eigenvalue weighted by molar-refractivity contribution is 5.96. The van der Waals surface area contributed by atoms with E-state index in [0.717, 1.165) is 0 Å². The van der Waals surface area contributed by atoms with E-state index < -0.39 is 0 Å². The van der Waals surface area contributed by atoms with Crippen LogP contribution in [0, 0.1) is 0 Å². The fraction of sp³-hybridized carbons (Fsp3) is 0. The highest BCUT2D eigenvalue weighted by Crippen LogP contribution is 2.19. The predicted molar refractivity (Wildman–Crippen MR) is 59.9 cm³/mol. The van der Waals surface area contributed by atoms with Crippen molar-refractivity contribution < 1.29 is 0 Å². The second-order valence-electron chi connectivity index (χ2n) is 3.09. The molecular weight excluding hydrogens is 196 g/mol. The smallest absolute Gasteiger partial charge is 0.0544 e. The summed E-state index contributed by atoms with van der Waals surface area (Å²) < 4.78 is 2.12. The summed E-state index contributed by atoms with van der Waals surface area (Å²) in [6.45, 7) is 0. The van der Waals surface area contributed by atoms with Gasteiger partial charge in [0.15, 0.2) is 0 Å². The van der Waals surface area contributed by atoms with Crippen LogP contribution in [0.3, 0.4) is 0 Å². The van der Waals surface area contributed by atoms with Gasteiger partial charge in [-0.05, 0) is 18.2 Å². The minimum atomic E-state index is 0. The van der Waals surface area contributed by atoms with Gasteiger partial charge in [0.05, 0.1) is 5.52 Å². The topological polar surface area (TPSA) is 17.3 Å². The Balaban J connectivity index is 0.000000750. The number of pyridine rings is 2. The fourth-order valence-electron chi connectivity index (χ4n) is 1.68. The second-order valence-corrected chi connectivity index (χ2v) is 3.09. The molecule has 2 nitrogen and oxygen atoms in total. The van der Waals surface area contributed by atoms with Crippen molar-refractivity contribution in [2.24, 2.45) is 0 Å². The van der Waals surface area contributed by atoms with E-state index in [0.29, 0.717) is 0 Å². The molecule has 14 heavy (non-hydrogen) atoms. The van der Waals surface area contributed by atoms with E-state index >= 15 is 0 Å². The normalized spacial score (nSPS) is 10.3. The van der Waals surface area contributed by atoms with Crippen molar-refractivity contribution in [2.45, 2.75) is 0 Å². The first-order chi connectivity index (χ1) is 6.45. The van der Waals surface area contributed by atoms with Gasteiger partial charge >= 0.3 is 0 Å². The average Bonchev–Trinajstić information content (AvgIpc) is 2.56. The van der Waals surface area contributed by atoms with Crippen molar-refractivity contribution in [2.75, 3.05) is 0 Å². The largest absolute Gasteiger partial charge is 0.323 e. The molecule has 0 saturated carbocycles. The van der Waals surface area contributed by atoms with Gasteiger partial charge in [-0.3, -0.25) is 4.98 Å².